The minimum absolute atomic E-state index is 0.0194. The van der Waals surface area contributed by atoms with Gasteiger partial charge in [-0.2, -0.15) is 0 Å². The summed E-state index contributed by atoms with van der Waals surface area (Å²) < 4.78 is 0. The summed E-state index contributed by atoms with van der Waals surface area (Å²) in [5.74, 6) is 0.791. The summed E-state index contributed by atoms with van der Waals surface area (Å²) in [5.41, 5.74) is 0.573. The molecule has 0 spiro atoms. The first kappa shape index (κ1) is 18.4. The number of rotatable bonds is 5. The van der Waals surface area contributed by atoms with Gasteiger partial charge in [-0.25, -0.2) is 4.98 Å². The van der Waals surface area contributed by atoms with E-state index < -0.39 is 0 Å². The van der Waals surface area contributed by atoms with Crippen LogP contribution in [-0.2, 0) is 0 Å². The topological polar surface area (TPSA) is 74.3 Å². The second-order valence-electron chi connectivity index (χ2n) is 6.41. The van der Waals surface area contributed by atoms with Crippen molar-refractivity contribution >= 4 is 29.0 Å². The van der Waals surface area contributed by atoms with Gasteiger partial charge in [-0.15, -0.1) is 11.3 Å². The Kier molecular flexibility index (Phi) is 5.88. The molecule has 1 fully saturated rings. The zero-order valence-electron chi connectivity index (χ0n) is 15.1. The van der Waals surface area contributed by atoms with Crippen LogP contribution in [0.3, 0.4) is 0 Å². The molecule has 2 aromatic heterocycles. The molecule has 0 unspecified atom stereocenters. The Bertz CT molecular complexity index is 764. The maximum absolute atomic E-state index is 12.3. The summed E-state index contributed by atoms with van der Waals surface area (Å²) in [5, 5.41) is 5.90. The number of carbonyl (C=O) groups is 2. The van der Waals surface area contributed by atoms with Crippen molar-refractivity contribution in [3.8, 4) is 0 Å². The summed E-state index contributed by atoms with van der Waals surface area (Å²) >= 11 is 1.52. The Balaban J connectivity index is 1.52. The van der Waals surface area contributed by atoms with E-state index in [1.807, 2.05) is 32.0 Å². The molecular weight excluding hydrogens is 348 g/mol. The number of hydrogen-bond donors (Lipinski definition) is 2. The van der Waals surface area contributed by atoms with E-state index in [1.165, 1.54) is 11.3 Å². The van der Waals surface area contributed by atoms with Crippen LogP contribution in [-0.4, -0.2) is 42.5 Å². The number of piperidine rings is 1. The number of amides is 2. The molecule has 0 bridgehead atoms. The lowest BCUT2D eigenvalue weighted by molar-refractivity contribution is 0.0932. The third kappa shape index (κ3) is 4.40. The van der Waals surface area contributed by atoms with Crippen molar-refractivity contribution in [2.45, 2.75) is 32.7 Å². The van der Waals surface area contributed by atoms with Gasteiger partial charge in [0.25, 0.3) is 11.8 Å². The normalized spacial score (nSPS) is 14.9. The average Bonchev–Trinajstić information content (AvgIpc) is 3.09. The minimum atomic E-state index is -0.100. The van der Waals surface area contributed by atoms with E-state index in [0.29, 0.717) is 12.1 Å². The Hall–Kier alpha value is -2.41. The van der Waals surface area contributed by atoms with Crippen molar-refractivity contribution in [3.05, 3.63) is 45.8 Å². The van der Waals surface area contributed by atoms with Crippen molar-refractivity contribution in [1.82, 2.24) is 15.6 Å². The number of carbonyl (C=O) groups excluding carboxylic acids is 2. The molecule has 3 heterocycles. The standard InChI is InChI=1S/C19H24N4O2S/c1-3-20-18(24)14-5-7-17(21-12-14)23-10-8-15(9-11-23)22-19(25)16-6-4-13(2)26-16/h4-7,12,15H,3,8-11H2,1-2H3,(H,20,24)(H,22,25). The zero-order chi connectivity index (χ0) is 18.5. The highest BCUT2D eigenvalue weighted by atomic mass is 32.1. The molecule has 138 valence electrons. The molecule has 1 saturated heterocycles. The fourth-order valence-corrected chi connectivity index (χ4v) is 3.81. The van der Waals surface area contributed by atoms with Crippen LogP contribution in [0.25, 0.3) is 0 Å². The Labute approximate surface area is 157 Å². The molecule has 26 heavy (non-hydrogen) atoms. The van der Waals surface area contributed by atoms with Crippen LogP contribution >= 0.6 is 11.3 Å². The van der Waals surface area contributed by atoms with E-state index in [-0.39, 0.29) is 17.9 Å². The summed E-state index contributed by atoms with van der Waals surface area (Å²) in [6.07, 6.45) is 3.39. The SMILES string of the molecule is CCNC(=O)c1ccc(N2CCC(NC(=O)c3ccc(C)s3)CC2)nc1. The van der Waals surface area contributed by atoms with Gasteiger partial charge < -0.3 is 15.5 Å². The first-order valence-electron chi connectivity index (χ1n) is 8.93. The molecular formula is C19H24N4O2S. The van der Waals surface area contributed by atoms with Gasteiger partial charge in [-0.3, -0.25) is 9.59 Å². The van der Waals surface area contributed by atoms with Crippen LogP contribution in [0.1, 0.15) is 44.7 Å². The van der Waals surface area contributed by atoms with Gasteiger partial charge in [-0.05, 0) is 51.0 Å². The van der Waals surface area contributed by atoms with Gasteiger partial charge in [0.15, 0.2) is 0 Å². The van der Waals surface area contributed by atoms with Crippen molar-refractivity contribution in [3.63, 3.8) is 0 Å². The van der Waals surface area contributed by atoms with E-state index >= 15 is 0 Å². The lowest BCUT2D eigenvalue weighted by Gasteiger charge is -2.33. The zero-order valence-corrected chi connectivity index (χ0v) is 15.9. The van der Waals surface area contributed by atoms with Gasteiger partial charge in [-0.1, -0.05) is 0 Å². The molecule has 2 aromatic rings. The predicted molar refractivity (Wildman–Crippen MR) is 104 cm³/mol. The number of pyridine rings is 1. The molecule has 0 saturated carbocycles. The molecule has 0 aliphatic carbocycles. The molecule has 6 nitrogen and oxygen atoms in total. The van der Waals surface area contributed by atoms with E-state index in [0.717, 1.165) is 41.5 Å². The lowest BCUT2D eigenvalue weighted by atomic mass is 10.0. The number of nitrogens with zero attached hydrogens (tertiary/aromatic N) is 2. The molecule has 0 atom stereocenters. The lowest BCUT2D eigenvalue weighted by Crippen LogP contribution is -2.44. The van der Waals surface area contributed by atoms with E-state index in [9.17, 15) is 9.59 Å². The second-order valence-corrected chi connectivity index (χ2v) is 7.70. The van der Waals surface area contributed by atoms with E-state index in [2.05, 4.69) is 20.5 Å². The molecule has 2 amide bonds. The van der Waals surface area contributed by atoms with Gasteiger partial charge in [0, 0.05) is 36.8 Å². The number of thiophene rings is 1. The highest BCUT2D eigenvalue weighted by Crippen LogP contribution is 2.20. The minimum Gasteiger partial charge on any atom is -0.356 e. The molecule has 0 radical (unpaired) electrons. The Morgan fingerprint density at radius 2 is 1.96 bits per heavy atom. The van der Waals surface area contributed by atoms with Crippen LogP contribution in [0, 0.1) is 6.92 Å². The highest BCUT2D eigenvalue weighted by Gasteiger charge is 2.22. The predicted octanol–water partition coefficient (Wildman–Crippen LogP) is 2.60. The highest BCUT2D eigenvalue weighted by molar-refractivity contribution is 7.13. The van der Waals surface area contributed by atoms with Crippen molar-refractivity contribution in [2.75, 3.05) is 24.5 Å². The largest absolute Gasteiger partial charge is 0.356 e. The summed E-state index contributed by atoms with van der Waals surface area (Å²) in [7, 11) is 0. The van der Waals surface area contributed by atoms with Crippen LogP contribution in [0.15, 0.2) is 30.5 Å². The van der Waals surface area contributed by atoms with Crippen LogP contribution in [0.5, 0.6) is 0 Å². The number of hydrogen-bond acceptors (Lipinski definition) is 5. The second kappa shape index (κ2) is 8.31. The first-order chi connectivity index (χ1) is 12.6. The van der Waals surface area contributed by atoms with E-state index in [4.69, 9.17) is 0 Å². The van der Waals surface area contributed by atoms with Gasteiger partial charge in [0.05, 0.1) is 10.4 Å². The third-order valence-electron chi connectivity index (χ3n) is 4.47. The monoisotopic (exact) mass is 372 g/mol. The van der Waals surface area contributed by atoms with Crippen LogP contribution in [0.2, 0.25) is 0 Å². The van der Waals surface area contributed by atoms with Gasteiger partial charge in [0.1, 0.15) is 5.82 Å². The summed E-state index contributed by atoms with van der Waals surface area (Å²) in [6.45, 7) is 6.17. The fraction of sp³-hybridized carbons (Fsp3) is 0.421. The molecule has 1 aliphatic rings. The number of anilines is 1. The van der Waals surface area contributed by atoms with Crippen molar-refractivity contribution in [2.24, 2.45) is 0 Å². The van der Waals surface area contributed by atoms with Crippen LogP contribution in [0.4, 0.5) is 5.82 Å². The van der Waals surface area contributed by atoms with Crippen molar-refractivity contribution in [1.29, 1.82) is 0 Å². The summed E-state index contributed by atoms with van der Waals surface area (Å²) in [6, 6.07) is 7.73. The molecule has 7 heteroatoms. The number of aryl methyl sites for hydroxylation is 1. The van der Waals surface area contributed by atoms with Gasteiger partial charge >= 0.3 is 0 Å². The average molecular weight is 372 g/mol. The maximum Gasteiger partial charge on any atom is 0.261 e. The Morgan fingerprint density at radius 3 is 2.54 bits per heavy atom. The third-order valence-corrected chi connectivity index (χ3v) is 5.47. The smallest absolute Gasteiger partial charge is 0.261 e. The molecule has 0 aromatic carbocycles. The fourth-order valence-electron chi connectivity index (χ4n) is 3.04. The van der Waals surface area contributed by atoms with Gasteiger partial charge in [0.2, 0.25) is 0 Å². The molecule has 1 aliphatic heterocycles. The quantitative estimate of drug-likeness (QED) is 0.846. The van der Waals surface area contributed by atoms with Crippen molar-refractivity contribution < 1.29 is 9.59 Å². The molecule has 3 rings (SSSR count). The maximum atomic E-state index is 12.3. The number of aromatic nitrogens is 1. The number of nitrogens with one attached hydrogen (secondary N) is 2. The van der Waals surface area contributed by atoms with E-state index in [1.54, 1.807) is 12.3 Å². The van der Waals surface area contributed by atoms with Crippen LogP contribution < -0.4 is 15.5 Å². The summed E-state index contributed by atoms with van der Waals surface area (Å²) in [4.78, 5) is 32.6. The first-order valence-corrected chi connectivity index (χ1v) is 9.75. The molecule has 2 N–H and O–H groups in total. The Morgan fingerprint density at radius 1 is 1.19 bits per heavy atom.